The van der Waals surface area contributed by atoms with Gasteiger partial charge in [-0.3, -0.25) is 9.59 Å². The Bertz CT molecular complexity index is 803. The Morgan fingerprint density at radius 1 is 0.857 bits per heavy atom. The summed E-state index contributed by atoms with van der Waals surface area (Å²) in [6.45, 7) is 4.01. The van der Waals surface area contributed by atoms with E-state index < -0.39 is 5.41 Å². The molecule has 0 saturated heterocycles. The van der Waals surface area contributed by atoms with Crippen LogP contribution in [-0.4, -0.2) is 32.6 Å². The Balaban J connectivity index is 1.88. The molecule has 2 amide bonds. The first-order valence-electron chi connectivity index (χ1n) is 9.20. The predicted octanol–water partition coefficient (Wildman–Crippen LogP) is 2.71. The largest absolute Gasteiger partial charge is 0.493 e. The first-order chi connectivity index (χ1) is 13.4. The lowest BCUT2D eigenvalue weighted by Gasteiger charge is -2.23. The highest BCUT2D eigenvalue weighted by molar-refractivity contribution is 6.04. The third-order valence-electron chi connectivity index (χ3n) is 4.58. The normalized spacial score (nSPS) is 10.9. The first-order valence-corrected chi connectivity index (χ1v) is 9.20. The molecule has 0 fully saturated rings. The Labute approximate surface area is 166 Å². The quantitative estimate of drug-likeness (QED) is 0.652. The zero-order valence-electron chi connectivity index (χ0n) is 16.9. The zero-order valence-corrected chi connectivity index (χ0v) is 16.9. The van der Waals surface area contributed by atoms with Gasteiger partial charge in [0.1, 0.15) is 5.41 Å². The number of amides is 2. The molecular weight excluding hydrogens is 356 g/mol. The molecule has 6 nitrogen and oxygen atoms in total. The molecule has 2 aromatic carbocycles. The van der Waals surface area contributed by atoms with Crippen molar-refractivity contribution in [2.75, 3.05) is 20.8 Å². The number of hydrogen-bond donors (Lipinski definition) is 2. The maximum Gasteiger partial charge on any atom is 0.235 e. The van der Waals surface area contributed by atoms with Gasteiger partial charge in [0.15, 0.2) is 11.5 Å². The van der Waals surface area contributed by atoms with Crippen molar-refractivity contribution >= 4 is 11.8 Å². The minimum absolute atomic E-state index is 0.292. The summed E-state index contributed by atoms with van der Waals surface area (Å²) >= 11 is 0. The third kappa shape index (κ3) is 5.49. The smallest absolute Gasteiger partial charge is 0.235 e. The van der Waals surface area contributed by atoms with Crippen LogP contribution in [0.4, 0.5) is 0 Å². The molecule has 0 aliphatic carbocycles. The summed E-state index contributed by atoms with van der Waals surface area (Å²) in [5.74, 6) is 0.579. The monoisotopic (exact) mass is 384 g/mol. The fraction of sp³-hybridized carbons (Fsp3) is 0.364. The standard InChI is InChI=1S/C22H28N2O4/c1-22(2,20(25)23-13-12-16-8-6-5-7-9-16)21(26)24-15-17-10-11-18(27-3)19(14-17)28-4/h5-11,14H,12-13,15H2,1-4H3,(H,23,25)(H,24,26). The molecule has 28 heavy (non-hydrogen) atoms. The van der Waals surface area contributed by atoms with Gasteiger partial charge in [0.25, 0.3) is 0 Å². The minimum atomic E-state index is -1.17. The average Bonchev–Trinajstić information content (AvgIpc) is 2.72. The molecule has 2 aromatic rings. The van der Waals surface area contributed by atoms with E-state index in [4.69, 9.17) is 9.47 Å². The van der Waals surface area contributed by atoms with Gasteiger partial charge in [-0.1, -0.05) is 36.4 Å². The Kier molecular flexibility index (Phi) is 7.44. The van der Waals surface area contributed by atoms with Crippen LogP contribution in [0.1, 0.15) is 25.0 Å². The van der Waals surface area contributed by atoms with E-state index in [1.54, 1.807) is 40.2 Å². The van der Waals surface area contributed by atoms with E-state index in [-0.39, 0.29) is 11.8 Å². The van der Waals surface area contributed by atoms with Gasteiger partial charge in [0.2, 0.25) is 11.8 Å². The van der Waals surface area contributed by atoms with Crippen LogP contribution in [0.15, 0.2) is 48.5 Å². The van der Waals surface area contributed by atoms with Crippen molar-refractivity contribution in [2.45, 2.75) is 26.8 Å². The topological polar surface area (TPSA) is 76.7 Å². The lowest BCUT2D eigenvalue weighted by Crippen LogP contribution is -2.48. The predicted molar refractivity (Wildman–Crippen MR) is 108 cm³/mol. The molecule has 0 heterocycles. The van der Waals surface area contributed by atoms with Gasteiger partial charge in [0, 0.05) is 13.1 Å². The van der Waals surface area contributed by atoms with Crippen LogP contribution in [0.2, 0.25) is 0 Å². The number of carbonyl (C=O) groups is 2. The van der Waals surface area contributed by atoms with E-state index in [0.717, 1.165) is 17.5 Å². The molecule has 6 heteroatoms. The summed E-state index contributed by atoms with van der Waals surface area (Å²) in [4.78, 5) is 25.0. The molecule has 0 radical (unpaired) electrons. The highest BCUT2D eigenvalue weighted by Crippen LogP contribution is 2.27. The molecule has 0 aliphatic heterocycles. The maximum absolute atomic E-state index is 12.6. The molecule has 0 atom stereocenters. The molecule has 0 bridgehead atoms. The molecule has 0 aliphatic rings. The van der Waals surface area contributed by atoms with Crippen molar-refractivity contribution in [3.05, 3.63) is 59.7 Å². The van der Waals surface area contributed by atoms with Gasteiger partial charge in [0.05, 0.1) is 14.2 Å². The fourth-order valence-electron chi connectivity index (χ4n) is 2.68. The van der Waals surface area contributed by atoms with Crippen molar-refractivity contribution in [1.29, 1.82) is 0 Å². The molecule has 2 rings (SSSR count). The summed E-state index contributed by atoms with van der Waals surface area (Å²) in [5, 5.41) is 5.67. The second kappa shape index (κ2) is 9.78. The minimum Gasteiger partial charge on any atom is -0.493 e. The first kappa shape index (κ1) is 21.3. The number of ether oxygens (including phenoxy) is 2. The van der Waals surface area contributed by atoms with E-state index in [1.807, 2.05) is 36.4 Å². The summed E-state index contributed by atoms with van der Waals surface area (Å²) in [5.41, 5.74) is 0.817. The van der Waals surface area contributed by atoms with Crippen molar-refractivity contribution in [3.8, 4) is 11.5 Å². The SMILES string of the molecule is COc1ccc(CNC(=O)C(C)(C)C(=O)NCCc2ccccc2)cc1OC. The maximum atomic E-state index is 12.6. The van der Waals surface area contributed by atoms with E-state index in [0.29, 0.717) is 24.6 Å². The van der Waals surface area contributed by atoms with Gasteiger partial charge in [-0.15, -0.1) is 0 Å². The van der Waals surface area contributed by atoms with E-state index in [2.05, 4.69) is 10.6 Å². The van der Waals surface area contributed by atoms with Crippen LogP contribution in [-0.2, 0) is 22.6 Å². The Hall–Kier alpha value is -3.02. The highest BCUT2D eigenvalue weighted by atomic mass is 16.5. The van der Waals surface area contributed by atoms with Gasteiger partial charge in [-0.2, -0.15) is 0 Å². The fourth-order valence-corrected chi connectivity index (χ4v) is 2.68. The lowest BCUT2D eigenvalue weighted by molar-refractivity contribution is -0.141. The Morgan fingerprint density at radius 3 is 2.14 bits per heavy atom. The van der Waals surface area contributed by atoms with Crippen LogP contribution < -0.4 is 20.1 Å². The second-order valence-corrected chi connectivity index (χ2v) is 6.99. The van der Waals surface area contributed by atoms with Crippen LogP contribution in [0.25, 0.3) is 0 Å². The molecule has 0 saturated carbocycles. The Morgan fingerprint density at radius 2 is 1.50 bits per heavy atom. The van der Waals surface area contributed by atoms with Gasteiger partial charge < -0.3 is 20.1 Å². The van der Waals surface area contributed by atoms with Crippen LogP contribution in [0, 0.1) is 5.41 Å². The number of methoxy groups -OCH3 is 2. The van der Waals surface area contributed by atoms with Crippen LogP contribution >= 0.6 is 0 Å². The van der Waals surface area contributed by atoms with Crippen molar-refractivity contribution < 1.29 is 19.1 Å². The molecule has 0 spiro atoms. The number of hydrogen-bond acceptors (Lipinski definition) is 4. The average molecular weight is 384 g/mol. The van der Waals surface area contributed by atoms with Gasteiger partial charge in [-0.25, -0.2) is 0 Å². The highest BCUT2D eigenvalue weighted by Gasteiger charge is 2.35. The summed E-state index contributed by atoms with van der Waals surface area (Å²) in [6.07, 6.45) is 0.718. The summed E-state index contributed by atoms with van der Waals surface area (Å²) in [7, 11) is 3.13. The number of benzene rings is 2. The third-order valence-corrected chi connectivity index (χ3v) is 4.58. The molecule has 0 aromatic heterocycles. The lowest BCUT2D eigenvalue weighted by atomic mass is 9.91. The van der Waals surface area contributed by atoms with Crippen molar-refractivity contribution in [1.82, 2.24) is 10.6 Å². The molecule has 0 unspecified atom stereocenters. The molecule has 150 valence electrons. The van der Waals surface area contributed by atoms with Gasteiger partial charge in [-0.05, 0) is 43.5 Å². The number of carbonyl (C=O) groups excluding carboxylic acids is 2. The number of rotatable bonds is 9. The summed E-state index contributed by atoms with van der Waals surface area (Å²) < 4.78 is 10.5. The van der Waals surface area contributed by atoms with Crippen LogP contribution in [0.5, 0.6) is 11.5 Å². The summed E-state index contributed by atoms with van der Waals surface area (Å²) in [6, 6.07) is 15.3. The molecular formula is C22H28N2O4. The van der Waals surface area contributed by atoms with Crippen molar-refractivity contribution in [3.63, 3.8) is 0 Å². The van der Waals surface area contributed by atoms with E-state index in [1.165, 1.54) is 0 Å². The van der Waals surface area contributed by atoms with E-state index in [9.17, 15) is 9.59 Å². The second-order valence-electron chi connectivity index (χ2n) is 6.99. The van der Waals surface area contributed by atoms with Crippen LogP contribution in [0.3, 0.4) is 0 Å². The zero-order chi connectivity index (χ0) is 20.6. The van der Waals surface area contributed by atoms with Gasteiger partial charge >= 0.3 is 0 Å². The number of nitrogens with one attached hydrogen (secondary N) is 2. The van der Waals surface area contributed by atoms with E-state index >= 15 is 0 Å². The molecule has 2 N–H and O–H groups in total. The van der Waals surface area contributed by atoms with Crippen molar-refractivity contribution in [2.24, 2.45) is 5.41 Å².